The van der Waals surface area contributed by atoms with E-state index in [1.54, 1.807) is 12.1 Å². The maximum Gasteiger partial charge on any atom is 0.405 e. The summed E-state index contributed by atoms with van der Waals surface area (Å²) in [6.07, 6.45) is 1.05. The topological polar surface area (TPSA) is 95.1 Å². The second kappa shape index (κ2) is 4.74. The molecule has 0 atom stereocenters. The molecule has 1 heterocycles. The van der Waals surface area contributed by atoms with Crippen LogP contribution in [0.3, 0.4) is 0 Å². The molecule has 0 saturated carbocycles. The van der Waals surface area contributed by atoms with Gasteiger partial charge in [-0.1, -0.05) is 21.8 Å². The number of halogens is 1. The average molecular weight is 346 g/mol. The molecule has 0 aliphatic heterocycles. The highest BCUT2D eigenvalue weighted by Gasteiger charge is 2.27. The molecule has 0 radical (unpaired) electrons. The summed E-state index contributed by atoms with van der Waals surface area (Å²) in [6.45, 7) is 1.83. The molecule has 2 rings (SSSR count). The molecule has 9 heteroatoms. The normalized spacial score (nSPS) is 11.5. The lowest BCUT2D eigenvalue weighted by molar-refractivity contribution is -0.390. The monoisotopic (exact) mass is 345 g/mol. The molecule has 0 unspecified atom stereocenters. The van der Waals surface area contributed by atoms with Gasteiger partial charge in [0.2, 0.25) is 0 Å². The van der Waals surface area contributed by atoms with Gasteiger partial charge in [0.25, 0.3) is 10.0 Å². The SMILES string of the molecule is Cc1ccc(S(=O)(=O)n2cc(Br)c([N+](=O)[O-])n2)cc1. The second-order valence-corrected chi connectivity index (χ2v) is 6.40. The van der Waals surface area contributed by atoms with Crippen molar-refractivity contribution in [2.45, 2.75) is 11.8 Å². The first kappa shape index (κ1) is 13.7. The predicted octanol–water partition coefficient (Wildman–Crippen LogP) is 2.10. The Bertz CT molecular complexity index is 737. The van der Waals surface area contributed by atoms with Crippen LogP contribution in [0.4, 0.5) is 5.82 Å². The van der Waals surface area contributed by atoms with E-state index in [9.17, 15) is 18.5 Å². The van der Waals surface area contributed by atoms with E-state index in [0.29, 0.717) is 4.09 Å². The van der Waals surface area contributed by atoms with Crippen LogP contribution in [0.25, 0.3) is 0 Å². The number of nitrogens with zero attached hydrogens (tertiary/aromatic N) is 3. The van der Waals surface area contributed by atoms with Gasteiger partial charge < -0.3 is 10.1 Å². The minimum Gasteiger partial charge on any atom is -0.358 e. The quantitative estimate of drug-likeness (QED) is 0.626. The van der Waals surface area contributed by atoms with Crippen LogP contribution in [-0.2, 0) is 10.0 Å². The van der Waals surface area contributed by atoms with Gasteiger partial charge >= 0.3 is 5.82 Å². The summed E-state index contributed by atoms with van der Waals surface area (Å²) in [7, 11) is -3.92. The number of aryl methyl sites for hydroxylation is 1. The van der Waals surface area contributed by atoms with E-state index < -0.39 is 20.8 Å². The fourth-order valence-corrected chi connectivity index (χ4v) is 3.07. The Morgan fingerprint density at radius 3 is 2.37 bits per heavy atom. The van der Waals surface area contributed by atoms with Crippen molar-refractivity contribution >= 4 is 31.8 Å². The Hall–Kier alpha value is -1.74. The Kier molecular flexibility index (Phi) is 3.42. The number of benzene rings is 1. The van der Waals surface area contributed by atoms with Gasteiger partial charge in [-0.15, -0.1) is 0 Å². The van der Waals surface area contributed by atoms with Crippen molar-refractivity contribution < 1.29 is 13.3 Å². The molecule has 0 N–H and O–H groups in total. The lowest BCUT2D eigenvalue weighted by Gasteiger charge is -2.00. The van der Waals surface area contributed by atoms with Crippen LogP contribution in [0.1, 0.15) is 5.56 Å². The lowest BCUT2D eigenvalue weighted by Crippen LogP contribution is -2.13. The van der Waals surface area contributed by atoms with E-state index in [2.05, 4.69) is 21.0 Å². The summed E-state index contributed by atoms with van der Waals surface area (Å²) in [5.41, 5.74) is 0.909. The minimum absolute atomic E-state index is 0.00758. The van der Waals surface area contributed by atoms with Crippen molar-refractivity contribution in [3.63, 3.8) is 0 Å². The molecule has 0 aliphatic carbocycles. The molecule has 1 aromatic carbocycles. The maximum absolute atomic E-state index is 12.2. The van der Waals surface area contributed by atoms with E-state index in [1.165, 1.54) is 12.1 Å². The maximum atomic E-state index is 12.2. The van der Waals surface area contributed by atoms with Crippen LogP contribution in [0.2, 0.25) is 0 Å². The van der Waals surface area contributed by atoms with Crippen molar-refractivity contribution in [1.82, 2.24) is 9.19 Å². The minimum atomic E-state index is -3.92. The average Bonchev–Trinajstić information content (AvgIpc) is 2.72. The molecule has 0 spiro atoms. The van der Waals surface area contributed by atoms with E-state index in [-0.39, 0.29) is 9.37 Å². The second-order valence-electron chi connectivity index (χ2n) is 3.75. The zero-order valence-electron chi connectivity index (χ0n) is 9.65. The molecule has 0 saturated heterocycles. The summed E-state index contributed by atoms with van der Waals surface area (Å²) in [5, 5.41) is 14.1. The highest BCUT2D eigenvalue weighted by atomic mass is 79.9. The first-order valence-electron chi connectivity index (χ1n) is 5.04. The van der Waals surface area contributed by atoms with Crippen molar-refractivity contribution in [1.29, 1.82) is 0 Å². The molecule has 0 bridgehead atoms. The molecule has 0 fully saturated rings. The third-order valence-electron chi connectivity index (χ3n) is 2.37. The highest BCUT2D eigenvalue weighted by molar-refractivity contribution is 9.10. The van der Waals surface area contributed by atoms with Crippen LogP contribution >= 0.6 is 15.9 Å². The van der Waals surface area contributed by atoms with Crippen LogP contribution < -0.4 is 0 Å². The molecule has 19 heavy (non-hydrogen) atoms. The molecule has 1 aromatic heterocycles. The number of rotatable bonds is 3. The fourth-order valence-electron chi connectivity index (χ4n) is 1.39. The number of hydrogen-bond acceptors (Lipinski definition) is 5. The number of hydrogen-bond donors (Lipinski definition) is 0. The molecule has 0 amide bonds. The summed E-state index contributed by atoms with van der Waals surface area (Å²) >= 11 is 2.90. The van der Waals surface area contributed by atoms with Gasteiger partial charge in [0.05, 0.1) is 16.2 Å². The predicted molar refractivity (Wildman–Crippen MR) is 70.3 cm³/mol. The van der Waals surface area contributed by atoms with Gasteiger partial charge in [-0.25, -0.2) is 0 Å². The first-order valence-corrected chi connectivity index (χ1v) is 7.27. The summed E-state index contributed by atoms with van der Waals surface area (Å²) < 4.78 is 25.0. The third-order valence-corrected chi connectivity index (χ3v) is 4.48. The Labute approximate surface area is 117 Å². The number of aromatic nitrogens is 2. The summed E-state index contributed by atoms with van der Waals surface area (Å²) in [5.74, 6) is -0.546. The molecular formula is C10H8BrN3O4S. The molecule has 100 valence electrons. The van der Waals surface area contributed by atoms with Gasteiger partial charge in [0.15, 0.2) is 0 Å². The van der Waals surface area contributed by atoms with Crippen LogP contribution in [0, 0.1) is 17.0 Å². The zero-order chi connectivity index (χ0) is 14.2. The van der Waals surface area contributed by atoms with Crippen molar-refractivity contribution in [2.24, 2.45) is 0 Å². The van der Waals surface area contributed by atoms with Gasteiger partial charge in [-0.3, -0.25) is 0 Å². The highest BCUT2D eigenvalue weighted by Crippen LogP contribution is 2.24. The van der Waals surface area contributed by atoms with Crippen molar-refractivity contribution in [2.75, 3.05) is 0 Å². The van der Waals surface area contributed by atoms with Crippen LogP contribution in [0.15, 0.2) is 39.8 Å². The molecular weight excluding hydrogens is 338 g/mol. The Balaban J connectivity index is 2.54. The lowest BCUT2D eigenvalue weighted by atomic mass is 10.2. The van der Waals surface area contributed by atoms with Gasteiger partial charge in [-0.2, -0.15) is 8.42 Å². The standard InChI is InChI=1S/C10H8BrN3O4S/c1-7-2-4-8(5-3-7)19(17,18)13-6-9(11)10(12-13)14(15)16/h2-6H,1H3. The van der Waals surface area contributed by atoms with Crippen LogP contribution in [0.5, 0.6) is 0 Å². The van der Waals surface area contributed by atoms with E-state index in [4.69, 9.17) is 0 Å². The number of nitro groups is 1. The third kappa shape index (κ3) is 2.51. The van der Waals surface area contributed by atoms with Crippen LogP contribution in [-0.4, -0.2) is 22.5 Å². The molecule has 2 aromatic rings. The largest absolute Gasteiger partial charge is 0.405 e. The Morgan fingerprint density at radius 1 is 1.32 bits per heavy atom. The van der Waals surface area contributed by atoms with E-state index in [0.717, 1.165) is 11.8 Å². The van der Waals surface area contributed by atoms with E-state index >= 15 is 0 Å². The van der Waals surface area contributed by atoms with Gasteiger partial charge in [0.1, 0.15) is 4.47 Å². The first-order chi connectivity index (χ1) is 8.82. The van der Waals surface area contributed by atoms with Crippen molar-refractivity contribution in [3.05, 3.63) is 50.6 Å². The summed E-state index contributed by atoms with van der Waals surface area (Å²) in [6, 6.07) is 6.12. The van der Waals surface area contributed by atoms with Crippen molar-refractivity contribution in [3.8, 4) is 0 Å². The molecule has 7 nitrogen and oxygen atoms in total. The zero-order valence-corrected chi connectivity index (χ0v) is 12.1. The molecule has 0 aliphatic rings. The smallest absolute Gasteiger partial charge is 0.358 e. The van der Waals surface area contributed by atoms with E-state index in [1.807, 2.05) is 6.92 Å². The van der Waals surface area contributed by atoms with Gasteiger partial charge in [-0.05, 0) is 39.9 Å². The van der Waals surface area contributed by atoms with Gasteiger partial charge in [0, 0.05) is 0 Å². The summed E-state index contributed by atoms with van der Waals surface area (Å²) in [4.78, 5) is 9.91. The fraction of sp³-hybridized carbons (Fsp3) is 0.100. The Morgan fingerprint density at radius 2 is 1.89 bits per heavy atom.